The summed E-state index contributed by atoms with van der Waals surface area (Å²) in [5.41, 5.74) is 0. The number of allylic oxidation sites excluding steroid dienone is 1. The van der Waals surface area contributed by atoms with Crippen molar-refractivity contribution in [2.75, 3.05) is 13.2 Å². The Kier molecular flexibility index (Phi) is 94.7. The van der Waals surface area contributed by atoms with Gasteiger partial charge < -0.3 is 20.6 Å². The van der Waals surface area contributed by atoms with Crippen LogP contribution in [0.1, 0.15) is 60.3 Å². The largest absolute Gasteiger partial charge is 1.00 e. The molecule has 0 aromatic carbocycles. The summed E-state index contributed by atoms with van der Waals surface area (Å²) in [6.45, 7) is 13.6. The van der Waals surface area contributed by atoms with E-state index in [9.17, 15) is 8.42 Å². The van der Waals surface area contributed by atoms with E-state index < -0.39 is 20.8 Å². The zero-order chi connectivity index (χ0) is 20.7. The molecule has 28 heavy (non-hydrogen) atoms. The van der Waals surface area contributed by atoms with Crippen LogP contribution in [-0.2, 0) is 25.0 Å². The molecule has 0 radical (unpaired) electrons. The van der Waals surface area contributed by atoms with Crippen LogP contribution in [0.4, 0.5) is 0 Å². The molecule has 0 bridgehead atoms. The molecule has 0 rings (SSSR count). The summed E-state index contributed by atoms with van der Waals surface area (Å²) in [4.78, 5) is 0. The first kappa shape index (κ1) is 57.0. The Hall–Kier alpha value is 1.36. The van der Waals surface area contributed by atoms with E-state index in [0.717, 1.165) is 6.42 Å². The molecule has 0 atom stereocenters. The molecule has 0 unspecified atom stereocenters. The first-order valence-corrected chi connectivity index (χ1v) is 10.0. The van der Waals surface area contributed by atoms with E-state index in [2.05, 4.69) is 24.6 Å². The molecule has 0 aliphatic heterocycles. The smallest absolute Gasteiger partial charge is 0.870 e. The molecule has 0 saturated carbocycles. The number of hydrogen-bond acceptors (Lipinski definition) is 9. The first-order chi connectivity index (χ1) is 10.8. The number of aliphatic hydroxyl groups excluding tert-OH is 1. The van der Waals surface area contributed by atoms with E-state index >= 15 is 0 Å². The Labute approximate surface area is 215 Å². The van der Waals surface area contributed by atoms with Crippen LogP contribution in [0.2, 0.25) is 0 Å². The molecule has 0 aliphatic carbocycles. The van der Waals surface area contributed by atoms with Gasteiger partial charge in [0.05, 0.1) is 6.61 Å². The zero-order valence-electron chi connectivity index (χ0n) is 18.0. The third-order valence-electron chi connectivity index (χ3n) is 1.16. The molecule has 0 amide bonds. The molecule has 168 valence electrons. The maximum absolute atomic E-state index is 9.72. The molecule has 0 aliphatic rings. The van der Waals surface area contributed by atoms with Crippen LogP contribution >= 0.6 is 0 Å². The van der Waals surface area contributed by atoms with Crippen molar-refractivity contribution in [2.24, 2.45) is 0 Å². The van der Waals surface area contributed by atoms with Crippen molar-refractivity contribution in [3.8, 4) is 0 Å². The van der Waals surface area contributed by atoms with Gasteiger partial charge in [-0.05, 0) is 19.8 Å². The molecule has 15 heteroatoms. The Balaban J connectivity index is -0.0000000232. The van der Waals surface area contributed by atoms with E-state index in [0.29, 0.717) is 13.0 Å². The van der Waals surface area contributed by atoms with Gasteiger partial charge in [0.25, 0.3) is 0 Å². The Bertz CT molecular complexity index is 400. The Morgan fingerprint density at radius 3 is 1.14 bits per heavy atom. The van der Waals surface area contributed by atoms with Crippen molar-refractivity contribution in [3.63, 3.8) is 0 Å². The van der Waals surface area contributed by atoms with Gasteiger partial charge in [-0.15, -0.1) is 6.58 Å². The molecule has 0 spiro atoms. The predicted octanol–water partition coefficient (Wildman–Crippen LogP) is -3.74. The van der Waals surface area contributed by atoms with Crippen molar-refractivity contribution < 1.29 is 110 Å². The molecule has 11 nitrogen and oxygen atoms in total. The van der Waals surface area contributed by atoms with Crippen LogP contribution in [0.25, 0.3) is 0 Å². The number of hydrogen-bond donors (Lipinski definition) is 3. The van der Waals surface area contributed by atoms with Crippen LogP contribution in [-0.4, -0.2) is 59.8 Å². The summed E-state index contributed by atoms with van der Waals surface area (Å²) >= 11 is 0. The summed E-state index contributed by atoms with van der Waals surface area (Å²) in [7, 11) is -9.10. The van der Waals surface area contributed by atoms with Gasteiger partial charge in [-0.2, -0.15) is 8.42 Å². The molecule has 0 heterocycles. The molecular formula is C13H35Na2O11S2-. The fraction of sp³-hybridized carbons (Fsp3) is 0.846. The van der Waals surface area contributed by atoms with E-state index in [1.54, 1.807) is 13.0 Å². The zero-order valence-corrected chi connectivity index (χ0v) is 23.7. The van der Waals surface area contributed by atoms with Crippen molar-refractivity contribution in [2.45, 2.75) is 60.3 Å². The van der Waals surface area contributed by atoms with Crippen LogP contribution in [0.15, 0.2) is 12.7 Å². The van der Waals surface area contributed by atoms with Crippen LogP contribution in [0.5, 0.6) is 0 Å². The molecule has 0 aromatic heterocycles. The minimum Gasteiger partial charge on any atom is -0.870 e. The van der Waals surface area contributed by atoms with Crippen molar-refractivity contribution in [1.29, 1.82) is 0 Å². The van der Waals surface area contributed by atoms with Gasteiger partial charge >= 0.3 is 69.5 Å². The monoisotopic (exact) mass is 477 g/mol. The molecular weight excluding hydrogens is 442 g/mol. The SMILES string of the molecule is C=CC.CCCC.CCCO.CCCOS(=O)(=O)O.O=S(=O)([O-])O.[Na+].[Na+].[OH-].[OH-]. The normalized spacial score (nSPS) is 8.04. The number of rotatable bonds is 5. The van der Waals surface area contributed by atoms with E-state index in [1.807, 2.05) is 13.8 Å². The number of unbranched alkanes of at least 4 members (excludes halogenated alkanes) is 1. The third kappa shape index (κ3) is 272. The second kappa shape index (κ2) is 46.5. The van der Waals surface area contributed by atoms with Crippen LogP contribution in [0.3, 0.4) is 0 Å². The summed E-state index contributed by atoms with van der Waals surface area (Å²) in [6, 6.07) is 0. The topological polar surface area (TPSA) is 221 Å². The fourth-order valence-electron chi connectivity index (χ4n) is 0.189. The first-order valence-electron chi connectivity index (χ1n) is 7.28. The molecule has 0 aromatic rings. The second-order valence-electron chi connectivity index (χ2n) is 3.81. The van der Waals surface area contributed by atoms with Gasteiger partial charge in [0.2, 0.25) is 10.4 Å². The van der Waals surface area contributed by atoms with Crippen LogP contribution < -0.4 is 59.1 Å². The summed E-state index contributed by atoms with van der Waals surface area (Å²) < 4.78 is 64.1. The van der Waals surface area contributed by atoms with Crippen LogP contribution in [0, 0.1) is 0 Å². The maximum Gasteiger partial charge on any atom is 1.00 e. The minimum absolute atomic E-state index is 0. The average molecular weight is 478 g/mol. The molecule has 0 fully saturated rings. The molecule has 0 saturated heterocycles. The fourth-order valence-corrected chi connectivity index (χ4v) is 0.566. The van der Waals surface area contributed by atoms with Crippen molar-refractivity contribution in [3.05, 3.63) is 12.7 Å². The second-order valence-corrected chi connectivity index (χ2v) is 5.76. The van der Waals surface area contributed by atoms with Gasteiger partial charge in [0.15, 0.2) is 0 Å². The van der Waals surface area contributed by atoms with E-state index in [1.165, 1.54) is 12.8 Å². The van der Waals surface area contributed by atoms with Gasteiger partial charge in [0, 0.05) is 6.61 Å². The van der Waals surface area contributed by atoms with E-state index in [-0.39, 0.29) is 76.7 Å². The maximum atomic E-state index is 9.72. The minimum atomic E-state index is -4.92. The van der Waals surface area contributed by atoms with Gasteiger partial charge in [-0.3, -0.25) is 9.11 Å². The van der Waals surface area contributed by atoms with Gasteiger partial charge in [-0.25, -0.2) is 12.6 Å². The third-order valence-corrected chi connectivity index (χ3v) is 1.62. The standard InChI is InChI=1S/C4H10.C3H8O4S.C3H8O.C3H6.2Na.H2O4S.2H2O/c1-3-4-2;1-2-3-7-8(4,5)6;1-2-3-4;1-3-2;;;1-5(2,3)4;;/h3-4H2,1-2H3;2-3H2,1H3,(H,4,5,6);4H,2-3H2,1H3;3H,1H2,2H3;;;(H2,1,2,3,4);2*1H2/q;;;;2*+1;;;/p-3. The van der Waals surface area contributed by atoms with Gasteiger partial charge in [-0.1, -0.05) is 46.6 Å². The average Bonchev–Trinajstić information content (AvgIpc) is 2.44. The Morgan fingerprint density at radius 2 is 1.11 bits per heavy atom. The predicted molar refractivity (Wildman–Crippen MR) is 97.8 cm³/mol. The van der Waals surface area contributed by atoms with Crippen molar-refractivity contribution in [1.82, 2.24) is 0 Å². The quantitative estimate of drug-likeness (QED) is 0.151. The summed E-state index contributed by atoms with van der Waals surface area (Å²) in [5, 5.41) is 7.88. The summed E-state index contributed by atoms with van der Waals surface area (Å²) in [5.74, 6) is 0. The van der Waals surface area contributed by atoms with Gasteiger partial charge in [0.1, 0.15) is 0 Å². The van der Waals surface area contributed by atoms with E-state index in [4.69, 9.17) is 27.2 Å². The molecule has 5 N–H and O–H groups in total. The number of aliphatic hydroxyl groups is 1. The Morgan fingerprint density at radius 1 is 0.893 bits per heavy atom. The summed E-state index contributed by atoms with van der Waals surface area (Å²) in [6.07, 6.45) is 5.83. The van der Waals surface area contributed by atoms with Crippen molar-refractivity contribution >= 4 is 20.8 Å².